The Morgan fingerprint density at radius 1 is 0.952 bits per heavy atom. The van der Waals surface area contributed by atoms with Crippen molar-refractivity contribution in [2.75, 3.05) is 32.8 Å². The molecule has 1 unspecified atom stereocenters. The van der Waals surface area contributed by atoms with Crippen LogP contribution in [0.3, 0.4) is 0 Å². The van der Waals surface area contributed by atoms with Gasteiger partial charge in [0, 0.05) is 39.5 Å². The average Bonchev–Trinajstić information content (AvgIpc) is 2.98. The van der Waals surface area contributed by atoms with Crippen LogP contribution in [0.15, 0.2) is 72.8 Å². The lowest BCUT2D eigenvalue weighted by molar-refractivity contribution is -0.152. The number of piperidine rings is 2. The number of halogens is 3. The largest absolute Gasteiger partial charge is 0.367 e. The van der Waals surface area contributed by atoms with Crippen LogP contribution in [0.25, 0.3) is 0 Å². The van der Waals surface area contributed by atoms with Gasteiger partial charge >= 0.3 is 0 Å². The van der Waals surface area contributed by atoms with Crippen molar-refractivity contribution in [2.24, 2.45) is 0 Å². The van der Waals surface area contributed by atoms with Gasteiger partial charge in [0.1, 0.15) is 11.4 Å². The minimum Gasteiger partial charge on any atom is -0.367 e. The molecular formula is C33H36Cl2FN3O3. The summed E-state index contributed by atoms with van der Waals surface area (Å²) in [7, 11) is 0. The Kier molecular flexibility index (Phi) is 9.53. The lowest BCUT2D eigenvalue weighted by atomic mass is 9.80. The lowest BCUT2D eigenvalue weighted by Crippen LogP contribution is -2.53. The Hall–Kier alpha value is -2.97. The highest BCUT2D eigenvalue weighted by molar-refractivity contribution is 6.42. The van der Waals surface area contributed by atoms with Crippen molar-refractivity contribution in [3.05, 3.63) is 105 Å². The van der Waals surface area contributed by atoms with Crippen LogP contribution in [0.1, 0.15) is 49.3 Å². The van der Waals surface area contributed by atoms with Gasteiger partial charge in [-0.25, -0.2) is 4.39 Å². The molecule has 2 heterocycles. The SMILES string of the molecule is CC(=O)NC1(c2ccccc2)CCN(CCOC2(c3ccc(Cl)c(Cl)c3)CCC(=O)N(Cc3ccc(F)cc3)C2)CC1. The lowest BCUT2D eigenvalue weighted by Gasteiger charge is -2.44. The first-order chi connectivity index (χ1) is 20.2. The average molecular weight is 613 g/mol. The van der Waals surface area contributed by atoms with Crippen molar-refractivity contribution in [1.29, 1.82) is 0 Å². The molecule has 2 saturated heterocycles. The van der Waals surface area contributed by atoms with Crippen LogP contribution < -0.4 is 5.32 Å². The Morgan fingerprint density at radius 2 is 1.67 bits per heavy atom. The molecule has 42 heavy (non-hydrogen) atoms. The predicted molar refractivity (Wildman–Crippen MR) is 163 cm³/mol. The summed E-state index contributed by atoms with van der Waals surface area (Å²) in [5, 5.41) is 4.12. The van der Waals surface area contributed by atoms with Gasteiger partial charge in [-0.1, -0.05) is 71.7 Å². The number of nitrogens with zero attached hydrogens (tertiary/aromatic N) is 2. The maximum absolute atomic E-state index is 13.5. The standard InChI is InChI=1S/C33H36Cl2FN3O3/c1-24(40)37-32(26-5-3-2-4-6-26)15-17-38(18-16-32)19-20-42-33(27-9-12-29(34)30(35)21-27)14-13-31(41)39(23-33)22-25-7-10-28(36)11-8-25/h2-12,21H,13-20,22-23H2,1H3,(H,37,40). The van der Waals surface area contributed by atoms with Gasteiger partial charge in [-0.3, -0.25) is 9.59 Å². The van der Waals surface area contributed by atoms with Gasteiger partial charge in [0.15, 0.2) is 0 Å². The molecule has 0 spiro atoms. The number of carbonyl (C=O) groups excluding carboxylic acids is 2. The fourth-order valence-electron chi connectivity index (χ4n) is 6.22. The molecule has 222 valence electrons. The minimum atomic E-state index is -0.762. The van der Waals surface area contributed by atoms with E-state index in [1.807, 2.05) is 30.3 Å². The summed E-state index contributed by atoms with van der Waals surface area (Å²) in [6.07, 6.45) is 2.44. The summed E-state index contributed by atoms with van der Waals surface area (Å²) < 4.78 is 20.2. The van der Waals surface area contributed by atoms with Crippen LogP contribution in [0.2, 0.25) is 10.0 Å². The zero-order chi connectivity index (χ0) is 29.7. The number of amides is 2. The molecule has 1 N–H and O–H groups in total. The van der Waals surface area contributed by atoms with E-state index in [-0.39, 0.29) is 23.2 Å². The van der Waals surface area contributed by atoms with E-state index in [0.717, 1.165) is 42.6 Å². The van der Waals surface area contributed by atoms with E-state index in [2.05, 4.69) is 22.3 Å². The number of ether oxygens (including phenoxy) is 1. The highest BCUT2D eigenvalue weighted by Gasteiger charge is 2.42. The molecule has 2 aliphatic rings. The molecule has 0 saturated carbocycles. The van der Waals surface area contributed by atoms with Crippen LogP contribution >= 0.6 is 23.2 Å². The highest BCUT2D eigenvalue weighted by atomic mass is 35.5. The second-order valence-electron chi connectivity index (χ2n) is 11.3. The molecule has 6 nitrogen and oxygen atoms in total. The van der Waals surface area contributed by atoms with Crippen molar-refractivity contribution in [1.82, 2.24) is 15.1 Å². The van der Waals surface area contributed by atoms with E-state index in [1.165, 1.54) is 12.1 Å². The zero-order valence-corrected chi connectivity index (χ0v) is 25.3. The van der Waals surface area contributed by atoms with Crippen molar-refractivity contribution >= 4 is 35.0 Å². The third-order valence-electron chi connectivity index (χ3n) is 8.51. The normalized spacial score (nSPS) is 20.9. The Morgan fingerprint density at radius 3 is 2.33 bits per heavy atom. The molecular weight excluding hydrogens is 576 g/mol. The Bertz CT molecular complexity index is 1400. The second-order valence-corrected chi connectivity index (χ2v) is 12.1. The predicted octanol–water partition coefficient (Wildman–Crippen LogP) is 6.29. The monoisotopic (exact) mass is 611 g/mol. The van der Waals surface area contributed by atoms with Crippen LogP contribution in [0.5, 0.6) is 0 Å². The van der Waals surface area contributed by atoms with E-state index >= 15 is 0 Å². The first-order valence-electron chi connectivity index (χ1n) is 14.4. The van der Waals surface area contributed by atoms with Gasteiger partial charge < -0.3 is 19.9 Å². The van der Waals surface area contributed by atoms with Gasteiger partial charge in [-0.05, 0) is 60.2 Å². The first-order valence-corrected chi connectivity index (χ1v) is 15.1. The summed E-state index contributed by atoms with van der Waals surface area (Å²) in [5.74, 6) is -0.311. The molecule has 0 radical (unpaired) electrons. The van der Waals surface area contributed by atoms with E-state index in [0.29, 0.717) is 49.1 Å². The number of rotatable bonds is 9. The van der Waals surface area contributed by atoms with Crippen LogP contribution in [0.4, 0.5) is 4.39 Å². The number of nitrogens with one attached hydrogen (secondary N) is 1. The van der Waals surface area contributed by atoms with Crippen molar-refractivity contribution in [3.8, 4) is 0 Å². The smallest absolute Gasteiger partial charge is 0.223 e. The van der Waals surface area contributed by atoms with E-state index in [1.54, 1.807) is 30.0 Å². The quantitative estimate of drug-likeness (QED) is 0.309. The summed E-state index contributed by atoms with van der Waals surface area (Å²) in [6.45, 7) is 5.07. The van der Waals surface area contributed by atoms with Gasteiger partial charge in [-0.15, -0.1) is 0 Å². The Balaban J connectivity index is 1.29. The summed E-state index contributed by atoms with van der Waals surface area (Å²) in [5.41, 5.74) is 1.71. The van der Waals surface area contributed by atoms with Crippen molar-refractivity contribution < 1.29 is 18.7 Å². The molecule has 2 fully saturated rings. The highest BCUT2D eigenvalue weighted by Crippen LogP contribution is 2.39. The molecule has 9 heteroatoms. The van der Waals surface area contributed by atoms with Gasteiger partial charge in [0.25, 0.3) is 0 Å². The maximum Gasteiger partial charge on any atom is 0.223 e. The molecule has 0 aliphatic carbocycles. The zero-order valence-electron chi connectivity index (χ0n) is 23.8. The second kappa shape index (κ2) is 13.1. The summed E-state index contributed by atoms with van der Waals surface area (Å²) in [6, 6.07) is 21.9. The van der Waals surface area contributed by atoms with E-state index in [4.69, 9.17) is 27.9 Å². The van der Waals surface area contributed by atoms with Crippen LogP contribution in [-0.4, -0.2) is 54.4 Å². The fourth-order valence-corrected chi connectivity index (χ4v) is 6.52. The third kappa shape index (κ3) is 6.97. The summed E-state index contributed by atoms with van der Waals surface area (Å²) in [4.78, 5) is 29.2. The summed E-state index contributed by atoms with van der Waals surface area (Å²) >= 11 is 12.7. The molecule has 3 aromatic rings. The number of hydrogen-bond donors (Lipinski definition) is 1. The fraction of sp³-hybridized carbons (Fsp3) is 0.394. The van der Waals surface area contributed by atoms with Gasteiger partial charge in [0.05, 0.1) is 28.7 Å². The maximum atomic E-state index is 13.5. The third-order valence-corrected chi connectivity index (χ3v) is 9.25. The van der Waals surface area contributed by atoms with Crippen molar-refractivity contribution in [2.45, 2.75) is 50.3 Å². The topological polar surface area (TPSA) is 61.9 Å². The van der Waals surface area contributed by atoms with E-state index in [9.17, 15) is 14.0 Å². The van der Waals surface area contributed by atoms with Gasteiger partial charge in [-0.2, -0.15) is 0 Å². The Labute approximate surface area is 256 Å². The number of benzene rings is 3. The van der Waals surface area contributed by atoms with E-state index < -0.39 is 5.60 Å². The molecule has 1 atom stereocenters. The van der Waals surface area contributed by atoms with Crippen LogP contribution in [0, 0.1) is 5.82 Å². The number of likely N-dealkylation sites (tertiary alicyclic amines) is 2. The van der Waals surface area contributed by atoms with Crippen molar-refractivity contribution in [3.63, 3.8) is 0 Å². The molecule has 3 aromatic carbocycles. The first kappa shape index (κ1) is 30.5. The molecule has 2 aliphatic heterocycles. The molecule has 5 rings (SSSR count). The number of hydrogen-bond acceptors (Lipinski definition) is 4. The van der Waals surface area contributed by atoms with Crippen LogP contribution in [-0.2, 0) is 32.0 Å². The van der Waals surface area contributed by atoms with Gasteiger partial charge in [0.2, 0.25) is 11.8 Å². The molecule has 0 aromatic heterocycles. The molecule has 0 bridgehead atoms. The minimum absolute atomic E-state index is 0.0313. The number of carbonyl (C=O) groups is 2. The molecule has 2 amide bonds.